The second-order valence-electron chi connectivity index (χ2n) is 6.15. The highest BCUT2D eigenvalue weighted by Crippen LogP contribution is 2.22. The molecule has 1 aromatic heterocycles. The Balaban J connectivity index is 1.88. The van der Waals surface area contributed by atoms with E-state index in [2.05, 4.69) is 20.4 Å². The number of ether oxygens (including phenoxy) is 1. The molecule has 1 unspecified atom stereocenters. The van der Waals surface area contributed by atoms with Gasteiger partial charge in [0.1, 0.15) is 5.82 Å². The number of amides is 3. The number of anilines is 1. The third-order valence-electron chi connectivity index (χ3n) is 4.25. The lowest BCUT2D eigenvalue weighted by Gasteiger charge is -2.20. The standard InChI is InChI=1S/C20H21N5O4/c1-29-20(27)22-15-7-9-16(10-8-15)25-12-11-21-18(25)17(23-19(26)24-28)13-14-5-3-2-4-6-14/h2-12,17,28H,13H2,1H3,(H,22,27)(H2,23,24,26). The molecule has 0 saturated carbocycles. The van der Waals surface area contributed by atoms with Gasteiger partial charge < -0.3 is 14.6 Å². The fourth-order valence-corrected chi connectivity index (χ4v) is 2.91. The van der Waals surface area contributed by atoms with Crippen LogP contribution in [0.3, 0.4) is 0 Å². The van der Waals surface area contributed by atoms with Gasteiger partial charge in [0.15, 0.2) is 0 Å². The Morgan fingerprint density at radius 2 is 1.86 bits per heavy atom. The van der Waals surface area contributed by atoms with Crippen LogP contribution >= 0.6 is 0 Å². The fourth-order valence-electron chi connectivity index (χ4n) is 2.91. The second-order valence-corrected chi connectivity index (χ2v) is 6.15. The van der Waals surface area contributed by atoms with Crippen LogP contribution in [0.2, 0.25) is 0 Å². The monoisotopic (exact) mass is 395 g/mol. The Labute approximate surface area is 167 Å². The highest BCUT2D eigenvalue weighted by molar-refractivity contribution is 5.84. The van der Waals surface area contributed by atoms with Gasteiger partial charge in [-0.25, -0.2) is 20.1 Å². The molecule has 0 aliphatic heterocycles. The minimum Gasteiger partial charge on any atom is -0.453 e. The van der Waals surface area contributed by atoms with Crippen molar-refractivity contribution in [2.24, 2.45) is 0 Å². The van der Waals surface area contributed by atoms with E-state index in [9.17, 15) is 9.59 Å². The van der Waals surface area contributed by atoms with E-state index >= 15 is 0 Å². The van der Waals surface area contributed by atoms with Crippen molar-refractivity contribution in [1.82, 2.24) is 20.3 Å². The van der Waals surface area contributed by atoms with Crippen molar-refractivity contribution >= 4 is 17.8 Å². The van der Waals surface area contributed by atoms with Gasteiger partial charge in [-0.05, 0) is 36.2 Å². The van der Waals surface area contributed by atoms with E-state index in [4.69, 9.17) is 5.21 Å². The van der Waals surface area contributed by atoms with Crippen molar-refractivity contribution in [3.8, 4) is 5.69 Å². The molecular weight excluding hydrogens is 374 g/mol. The zero-order chi connectivity index (χ0) is 20.6. The number of methoxy groups -OCH3 is 1. The summed E-state index contributed by atoms with van der Waals surface area (Å²) in [6.45, 7) is 0. The molecule has 0 fully saturated rings. The first-order chi connectivity index (χ1) is 14.1. The molecule has 3 amide bonds. The third-order valence-corrected chi connectivity index (χ3v) is 4.25. The van der Waals surface area contributed by atoms with Crippen LogP contribution in [0, 0.1) is 0 Å². The summed E-state index contributed by atoms with van der Waals surface area (Å²) in [4.78, 5) is 27.5. The van der Waals surface area contributed by atoms with Gasteiger partial charge >= 0.3 is 12.1 Å². The highest BCUT2D eigenvalue weighted by Gasteiger charge is 2.20. The Hall–Kier alpha value is -3.85. The minimum absolute atomic E-state index is 0.479. The molecule has 0 spiro atoms. The maximum Gasteiger partial charge on any atom is 0.411 e. The number of urea groups is 1. The van der Waals surface area contributed by atoms with Gasteiger partial charge in [0.05, 0.1) is 13.2 Å². The molecule has 0 aliphatic rings. The van der Waals surface area contributed by atoms with Gasteiger partial charge in [0.2, 0.25) is 0 Å². The van der Waals surface area contributed by atoms with Crippen molar-refractivity contribution in [1.29, 1.82) is 0 Å². The maximum atomic E-state index is 11.8. The Morgan fingerprint density at radius 3 is 2.52 bits per heavy atom. The van der Waals surface area contributed by atoms with E-state index in [-0.39, 0.29) is 0 Å². The number of carbonyl (C=O) groups is 2. The first-order valence-corrected chi connectivity index (χ1v) is 8.84. The number of imidazole rings is 1. The lowest BCUT2D eigenvalue weighted by Crippen LogP contribution is -2.38. The van der Waals surface area contributed by atoms with Gasteiger partial charge in [0.25, 0.3) is 0 Å². The average Bonchev–Trinajstić information content (AvgIpc) is 3.24. The van der Waals surface area contributed by atoms with E-state index in [0.29, 0.717) is 17.9 Å². The molecule has 0 saturated heterocycles. The first kappa shape index (κ1) is 19.9. The summed E-state index contributed by atoms with van der Waals surface area (Å²) in [7, 11) is 1.30. The number of nitrogens with one attached hydrogen (secondary N) is 3. The number of hydroxylamine groups is 1. The van der Waals surface area contributed by atoms with Crippen LogP contribution in [0.15, 0.2) is 67.0 Å². The third kappa shape index (κ3) is 5.11. The van der Waals surface area contributed by atoms with Crippen LogP contribution < -0.4 is 16.1 Å². The second kappa shape index (κ2) is 9.38. The highest BCUT2D eigenvalue weighted by atomic mass is 16.5. The average molecular weight is 395 g/mol. The molecule has 9 nitrogen and oxygen atoms in total. The van der Waals surface area contributed by atoms with Crippen molar-refractivity contribution in [3.05, 3.63) is 78.4 Å². The topological polar surface area (TPSA) is 118 Å². The van der Waals surface area contributed by atoms with Gasteiger partial charge in [-0.3, -0.25) is 10.5 Å². The molecular formula is C20H21N5O4. The van der Waals surface area contributed by atoms with Crippen molar-refractivity contribution in [3.63, 3.8) is 0 Å². The number of aromatic nitrogens is 2. The summed E-state index contributed by atoms with van der Waals surface area (Å²) >= 11 is 0. The normalized spacial score (nSPS) is 11.4. The molecule has 0 radical (unpaired) electrons. The predicted octanol–water partition coefficient (Wildman–Crippen LogP) is 3.02. The molecule has 1 heterocycles. The Kier molecular flexibility index (Phi) is 6.43. The van der Waals surface area contributed by atoms with Crippen LogP contribution in [0.5, 0.6) is 0 Å². The Bertz CT molecular complexity index is 957. The summed E-state index contributed by atoms with van der Waals surface area (Å²) in [5, 5.41) is 14.2. The number of carbonyl (C=O) groups excluding carboxylic acids is 2. The fraction of sp³-hybridized carbons (Fsp3) is 0.150. The van der Waals surface area contributed by atoms with Crippen molar-refractivity contribution in [2.75, 3.05) is 12.4 Å². The van der Waals surface area contributed by atoms with E-state index in [1.807, 2.05) is 47.0 Å². The lowest BCUT2D eigenvalue weighted by molar-refractivity contribution is 0.158. The van der Waals surface area contributed by atoms with E-state index < -0.39 is 18.2 Å². The molecule has 3 aromatic rings. The van der Waals surface area contributed by atoms with Crippen LogP contribution in [0.1, 0.15) is 17.4 Å². The molecule has 29 heavy (non-hydrogen) atoms. The van der Waals surface area contributed by atoms with Crippen LogP contribution in [0.4, 0.5) is 15.3 Å². The predicted molar refractivity (Wildman–Crippen MR) is 106 cm³/mol. The van der Waals surface area contributed by atoms with Crippen LogP contribution in [-0.2, 0) is 11.2 Å². The van der Waals surface area contributed by atoms with E-state index in [1.54, 1.807) is 30.0 Å². The smallest absolute Gasteiger partial charge is 0.411 e. The van der Waals surface area contributed by atoms with Crippen molar-refractivity contribution < 1.29 is 19.5 Å². The number of hydrogen-bond donors (Lipinski definition) is 4. The van der Waals surface area contributed by atoms with E-state index in [1.165, 1.54) is 7.11 Å². The quantitative estimate of drug-likeness (QED) is 0.378. The molecule has 2 aromatic carbocycles. The van der Waals surface area contributed by atoms with Crippen LogP contribution in [-0.4, -0.2) is 34.0 Å². The maximum absolute atomic E-state index is 11.8. The number of hydrogen-bond acceptors (Lipinski definition) is 5. The number of nitrogens with zero attached hydrogens (tertiary/aromatic N) is 2. The summed E-state index contributed by atoms with van der Waals surface area (Å²) < 4.78 is 6.41. The van der Waals surface area contributed by atoms with E-state index in [0.717, 1.165) is 11.3 Å². The number of rotatable bonds is 6. The molecule has 1 atom stereocenters. The van der Waals surface area contributed by atoms with Gasteiger partial charge in [0, 0.05) is 23.8 Å². The zero-order valence-electron chi connectivity index (χ0n) is 15.7. The molecule has 0 bridgehead atoms. The van der Waals surface area contributed by atoms with Gasteiger partial charge in [-0.15, -0.1) is 0 Å². The number of benzene rings is 2. The van der Waals surface area contributed by atoms with Crippen LogP contribution in [0.25, 0.3) is 5.69 Å². The summed E-state index contributed by atoms with van der Waals surface area (Å²) in [6.07, 6.45) is 3.33. The summed E-state index contributed by atoms with van der Waals surface area (Å²) in [6, 6.07) is 15.5. The first-order valence-electron chi connectivity index (χ1n) is 8.84. The molecule has 9 heteroatoms. The van der Waals surface area contributed by atoms with Gasteiger partial charge in [-0.1, -0.05) is 30.3 Å². The molecule has 4 N–H and O–H groups in total. The Morgan fingerprint density at radius 1 is 1.14 bits per heavy atom. The summed E-state index contributed by atoms with van der Waals surface area (Å²) in [5.74, 6) is 0.589. The minimum atomic E-state index is -0.724. The molecule has 150 valence electrons. The van der Waals surface area contributed by atoms with Gasteiger partial charge in [-0.2, -0.15) is 0 Å². The largest absolute Gasteiger partial charge is 0.453 e. The molecule has 0 aliphatic carbocycles. The lowest BCUT2D eigenvalue weighted by atomic mass is 10.1. The SMILES string of the molecule is COC(=O)Nc1ccc(-n2ccnc2C(Cc2ccccc2)NC(=O)NO)cc1. The molecule has 3 rings (SSSR count). The summed E-state index contributed by atoms with van der Waals surface area (Å²) in [5.41, 5.74) is 3.97. The zero-order valence-corrected chi connectivity index (χ0v) is 15.7. The van der Waals surface area contributed by atoms with Crippen molar-refractivity contribution in [2.45, 2.75) is 12.5 Å².